The summed E-state index contributed by atoms with van der Waals surface area (Å²) in [5.41, 5.74) is 8.81. The Morgan fingerprint density at radius 1 is 1.24 bits per heavy atom. The number of rotatable bonds is 3. The van der Waals surface area contributed by atoms with Gasteiger partial charge >= 0.3 is 6.18 Å². The highest BCUT2D eigenvalue weighted by molar-refractivity contribution is 5.67. The molecule has 1 aromatic carbocycles. The summed E-state index contributed by atoms with van der Waals surface area (Å²) >= 11 is 0. The van der Waals surface area contributed by atoms with Crippen LogP contribution in [0.2, 0.25) is 0 Å². The van der Waals surface area contributed by atoms with E-state index in [2.05, 4.69) is 15.5 Å². The summed E-state index contributed by atoms with van der Waals surface area (Å²) in [6.07, 6.45) is -5.27. The zero-order chi connectivity index (χ0) is 15.8. The first-order chi connectivity index (χ1) is 9.69. The lowest BCUT2D eigenvalue weighted by molar-refractivity contribution is -0.142. The van der Waals surface area contributed by atoms with Crippen molar-refractivity contribution in [3.8, 4) is 11.4 Å². The molecule has 2 N–H and O–H groups in total. The molecule has 114 valence electrons. The van der Waals surface area contributed by atoms with Gasteiger partial charge in [-0.2, -0.15) is 13.2 Å². The van der Waals surface area contributed by atoms with Crippen LogP contribution in [0.5, 0.6) is 0 Å². The molecule has 2 aromatic rings. The fourth-order valence-electron chi connectivity index (χ4n) is 2.20. The van der Waals surface area contributed by atoms with Crippen molar-refractivity contribution < 1.29 is 13.2 Å². The Balaban J connectivity index is 2.43. The Hall–Kier alpha value is -2.12. The van der Waals surface area contributed by atoms with E-state index in [9.17, 15) is 13.2 Å². The van der Waals surface area contributed by atoms with Crippen molar-refractivity contribution in [1.29, 1.82) is 0 Å². The summed E-state index contributed by atoms with van der Waals surface area (Å²) in [4.78, 5) is 0. The average Bonchev–Trinajstić information content (AvgIpc) is 2.80. The van der Waals surface area contributed by atoms with Gasteiger partial charge in [-0.1, -0.05) is 6.07 Å². The van der Waals surface area contributed by atoms with Crippen LogP contribution in [0.1, 0.15) is 30.5 Å². The molecule has 21 heavy (non-hydrogen) atoms. The van der Waals surface area contributed by atoms with Crippen molar-refractivity contribution in [3.05, 3.63) is 23.3 Å². The minimum absolute atomic E-state index is 0.288. The van der Waals surface area contributed by atoms with E-state index in [1.165, 1.54) is 11.6 Å². The van der Waals surface area contributed by atoms with Gasteiger partial charge in [-0.3, -0.25) is 0 Å². The first-order valence-electron chi connectivity index (χ1n) is 6.40. The van der Waals surface area contributed by atoms with E-state index >= 15 is 0 Å². The van der Waals surface area contributed by atoms with Crippen LogP contribution in [-0.2, 0) is 0 Å². The fraction of sp³-hybridized carbons (Fsp3) is 0.462. The van der Waals surface area contributed by atoms with Crippen molar-refractivity contribution in [2.24, 2.45) is 0 Å². The molecule has 0 spiro atoms. The highest BCUT2D eigenvalue weighted by atomic mass is 19.4. The summed E-state index contributed by atoms with van der Waals surface area (Å²) in [5.74, 6) is 0.288. The SMILES string of the molecule is Cc1cc(C)c(-c2nnnn2C(C)CC(F)(F)F)cc1N. The molecule has 0 aliphatic carbocycles. The third kappa shape index (κ3) is 3.32. The predicted octanol–water partition coefficient (Wildman–Crippen LogP) is 3.05. The van der Waals surface area contributed by atoms with Crippen LogP contribution in [-0.4, -0.2) is 26.4 Å². The Labute approximate surface area is 119 Å². The third-order valence-corrected chi connectivity index (χ3v) is 3.29. The number of hydrogen-bond acceptors (Lipinski definition) is 4. The van der Waals surface area contributed by atoms with E-state index in [4.69, 9.17) is 5.73 Å². The van der Waals surface area contributed by atoms with Gasteiger partial charge < -0.3 is 5.73 Å². The lowest BCUT2D eigenvalue weighted by atomic mass is 10.0. The van der Waals surface area contributed by atoms with Gasteiger partial charge in [-0.25, -0.2) is 4.68 Å². The van der Waals surface area contributed by atoms with E-state index in [0.29, 0.717) is 11.3 Å². The lowest BCUT2D eigenvalue weighted by Gasteiger charge is -2.16. The maximum atomic E-state index is 12.5. The molecule has 1 aromatic heterocycles. The second-order valence-corrected chi connectivity index (χ2v) is 5.14. The number of aromatic nitrogens is 4. The number of alkyl halides is 3. The normalized spacial score (nSPS) is 13.4. The molecular formula is C13H16F3N5. The zero-order valence-corrected chi connectivity index (χ0v) is 11.9. The second kappa shape index (κ2) is 5.34. The van der Waals surface area contributed by atoms with Gasteiger partial charge in [0.25, 0.3) is 0 Å². The van der Waals surface area contributed by atoms with Gasteiger partial charge in [0.15, 0.2) is 5.82 Å². The summed E-state index contributed by atoms with van der Waals surface area (Å²) in [7, 11) is 0. The molecule has 8 heteroatoms. The Morgan fingerprint density at radius 2 is 1.90 bits per heavy atom. The number of nitrogen functional groups attached to an aromatic ring is 1. The number of nitrogens with two attached hydrogens (primary N) is 1. The molecule has 2 rings (SSSR count). The van der Waals surface area contributed by atoms with Crippen LogP contribution in [0, 0.1) is 13.8 Å². The number of benzene rings is 1. The third-order valence-electron chi connectivity index (χ3n) is 3.29. The van der Waals surface area contributed by atoms with Crippen molar-refractivity contribution >= 4 is 5.69 Å². The molecule has 1 atom stereocenters. The van der Waals surface area contributed by atoms with Crippen LogP contribution in [0.4, 0.5) is 18.9 Å². The molecule has 0 amide bonds. The Kier molecular flexibility index (Phi) is 3.89. The quantitative estimate of drug-likeness (QED) is 0.884. The highest BCUT2D eigenvalue weighted by Gasteiger charge is 2.32. The summed E-state index contributed by atoms with van der Waals surface area (Å²) in [6.45, 7) is 5.14. The van der Waals surface area contributed by atoms with Crippen LogP contribution in [0.25, 0.3) is 11.4 Å². The standard InChI is InChI=1S/C13H16F3N5/c1-7-4-8(2)11(17)5-10(7)12-18-19-20-21(12)9(3)6-13(14,15)16/h4-5,9H,6,17H2,1-3H3. The summed E-state index contributed by atoms with van der Waals surface area (Å²) in [6, 6.07) is 2.66. The molecule has 0 fully saturated rings. The highest BCUT2D eigenvalue weighted by Crippen LogP contribution is 2.31. The summed E-state index contributed by atoms with van der Waals surface area (Å²) in [5, 5.41) is 11.0. The minimum Gasteiger partial charge on any atom is -0.398 e. The first kappa shape index (κ1) is 15.3. The van der Waals surface area contributed by atoms with Crippen LogP contribution in [0.3, 0.4) is 0 Å². The monoisotopic (exact) mass is 299 g/mol. The van der Waals surface area contributed by atoms with Crippen molar-refractivity contribution in [1.82, 2.24) is 20.2 Å². The first-order valence-corrected chi connectivity index (χ1v) is 6.40. The van der Waals surface area contributed by atoms with Crippen LogP contribution < -0.4 is 5.73 Å². The van der Waals surface area contributed by atoms with E-state index < -0.39 is 18.6 Å². The fourth-order valence-corrected chi connectivity index (χ4v) is 2.20. The van der Waals surface area contributed by atoms with Gasteiger partial charge in [0.05, 0.1) is 12.5 Å². The molecular weight excluding hydrogens is 283 g/mol. The molecule has 0 bridgehead atoms. The molecule has 0 saturated carbocycles. The smallest absolute Gasteiger partial charge is 0.391 e. The molecule has 1 unspecified atom stereocenters. The number of aryl methyl sites for hydroxylation is 2. The second-order valence-electron chi connectivity index (χ2n) is 5.14. The Bertz CT molecular complexity index is 648. The van der Waals surface area contributed by atoms with Gasteiger partial charge in [-0.15, -0.1) is 5.10 Å². The molecule has 1 heterocycles. The molecule has 0 aliphatic rings. The van der Waals surface area contributed by atoms with E-state index in [-0.39, 0.29) is 5.82 Å². The molecule has 5 nitrogen and oxygen atoms in total. The van der Waals surface area contributed by atoms with E-state index in [0.717, 1.165) is 11.1 Å². The number of tetrazole rings is 1. The van der Waals surface area contributed by atoms with Crippen LogP contribution in [0.15, 0.2) is 12.1 Å². The maximum Gasteiger partial charge on any atom is 0.391 e. The van der Waals surface area contributed by atoms with Crippen molar-refractivity contribution in [3.63, 3.8) is 0 Å². The van der Waals surface area contributed by atoms with E-state index in [1.807, 2.05) is 19.9 Å². The molecule has 0 saturated heterocycles. The maximum absolute atomic E-state index is 12.5. The topological polar surface area (TPSA) is 69.6 Å². The average molecular weight is 299 g/mol. The van der Waals surface area contributed by atoms with Gasteiger partial charge in [0.2, 0.25) is 0 Å². The number of halogens is 3. The molecule has 0 radical (unpaired) electrons. The number of anilines is 1. The van der Waals surface area contributed by atoms with E-state index in [1.54, 1.807) is 6.07 Å². The predicted molar refractivity (Wildman–Crippen MR) is 72.5 cm³/mol. The van der Waals surface area contributed by atoms with Gasteiger partial charge in [-0.05, 0) is 48.4 Å². The molecule has 0 aliphatic heterocycles. The zero-order valence-electron chi connectivity index (χ0n) is 11.9. The summed E-state index contributed by atoms with van der Waals surface area (Å²) < 4.78 is 38.8. The number of hydrogen-bond donors (Lipinski definition) is 1. The van der Waals surface area contributed by atoms with Crippen molar-refractivity contribution in [2.75, 3.05) is 5.73 Å². The lowest BCUT2D eigenvalue weighted by Crippen LogP contribution is -2.18. The largest absolute Gasteiger partial charge is 0.398 e. The minimum atomic E-state index is -4.27. The number of nitrogens with zero attached hydrogens (tertiary/aromatic N) is 4. The van der Waals surface area contributed by atoms with Crippen molar-refractivity contribution in [2.45, 2.75) is 39.4 Å². The van der Waals surface area contributed by atoms with Gasteiger partial charge in [0, 0.05) is 11.3 Å². The van der Waals surface area contributed by atoms with Gasteiger partial charge in [0.1, 0.15) is 0 Å². The van der Waals surface area contributed by atoms with Crippen LogP contribution >= 0.6 is 0 Å². The Morgan fingerprint density at radius 3 is 2.52 bits per heavy atom.